The largest absolute Gasteiger partial charge is 0.336 e. The summed E-state index contributed by atoms with van der Waals surface area (Å²) in [6.45, 7) is 3.81. The molecule has 6 heteroatoms. The number of carbonyl (C=O) groups is 1. The zero-order chi connectivity index (χ0) is 16.9. The molecular weight excluding hydrogens is 304 g/mol. The smallest absolute Gasteiger partial charge is 0.319 e. The third-order valence-electron chi connectivity index (χ3n) is 3.27. The monoisotopic (exact) mass is 322 g/mol. The summed E-state index contributed by atoms with van der Waals surface area (Å²) >= 11 is 0. The zero-order valence-corrected chi connectivity index (χ0v) is 13.5. The summed E-state index contributed by atoms with van der Waals surface area (Å²) in [4.78, 5) is 16.1. The van der Waals surface area contributed by atoms with Crippen LogP contribution in [0.25, 0.3) is 22.8 Å². The number of benzene rings is 2. The van der Waals surface area contributed by atoms with Gasteiger partial charge >= 0.3 is 6.03 Å². The quantitative estimate of drug-likeness (QED) is 0.762. The molecular formula is C18H18N4O2. The molecule has 1 heterocycles. The molecule has 2 amide bonds. The molecule has 0 saturated heterocycles. The van der Waals surface area contributed by atoms with Gasteiger partial charge in [0.1, 0.15) is 0 Å². The van der Waals surface area contributed by atoms with Gasteiger partial charge in [0, 0.05) is 22.9 Å². The lowest BCUT2D eigenvalue weighted by Gasteiger charge is -2.10. The molecule has 2 aromatic carbocycles. The van der Waals surface area contributed by atoms with Crippen LogP contribution >= 0.6 is 0 Å². The van der Waals surface area contributed by atoms with Gasteiger partial charge in [-0.2, -0.15) is 4.98 Å². The van der Waals surface area contributed by atoms with Crippen LogP contribution in [0.2, 0.25) is 0 Å². The Kier molecular flexibility index (Phi) is 4.56. The fraction of sp³-hybridized carbons (Fsp3) is 0.167. The van der Waals surface area contributed by atoms with Crippen molar-refractivity contribution in [3.05, 3.63) is 54.6 Å². The first-order valence-corrected chi connectivity index (χ1v) is 7.69. The first-order valence-electron chi connectivity index (χ1n) is 7.69. The molecule has 0 saturated carbocycles. The Morgan fingerprint density at radius 1 is 1.00 bits per heavy atom. The van der Waals surface area contributed by atoms with Gasteiger partial charge in [0.2, 0.25) is 5.82 Å². The highest BCUT2D eigenvalue weighted by atomic mass is 16.5. The Bertz CT molecular complexity index is 811. The fourth-order valence-corrected chi connectivity index (χ4v) is 2.17. The highest BCUT2D eigenvalue weighted by Crippen LogP contribution is 2.23. The van der Waals surface area contributed by atoms with Crippen molar-refractivity contribution in [2.24, 2.45) is 0 Å². The molecule has 0 fully saturated rings. The van der Waals surface area contributed by atoms with E-state index in [0.717, 1.165) is 11.1 Å². The van der Waals surface area contributed by atoms with Crippen LogP contribution in [0.3, 0.4) is 0 Å². The predicted molar refractivity (Wildman–Crippen MR) is 92.5 cm³/mol. The maximum absolute atomic E-state index is 11.7. The van der Waals surface area contributed by atoms with E-state index in [4.69, 9.17) is 4.52 Å². The second-order valence-corrected chi connectivity index (χ2v) is 5.62. The molecule has 0 atom stereocenters. The average molecular weight is 322 g/mol. The number of anilines is 1. The number of aromatic nitrogens is 2. The average Bonchev–Trinajstić information content (AvgIpc) is 3.05. The highest BCUT2D eigenvalue weighted by Gasteiger charge is 2.10. The second-order valence-electron chi connectivity index (χ2n) is 5.62. The Hall–Kier alpha value is -3.15. The van der Waals surface area contributed by atoms with Crippen LogP contribution in [0.1, 0.15) is 13.8 Å². The highest BCUT2D eigenvalue weighted by molar-refractivity contribution is 5.89. The van der Waals surface area contributed by atoms with E-state index in [1.807, 2.05) is 56.3 Å². The molecule has 6 nitrogen and oxygen atoms in total. The summed E-state index contributed by atoms with van der Waals surface area (Å²) in [6, 6.07) is 16.7. The van der Waals surface area contributed by atoms with Crippen LogP contribution in [-0.4, -0.2) is 22.2 Å². The molecule has 1 aromatic heterocycles. The van der Waals surface area contributed by atoms with Gasteiger partial charge in [-0.3, -0.25) is 0 Å². The topological polar surface area (TPSA) is 80.0 Å². The van der Waals surface area contributed by atoms with Crippen LogP contribution in [0, 0.1) is 0 Å². The van der Waals surface area contributed by atoms with Crippen molar-refractivity contribution in [3.63, 3.8) is 0 Å². The first-order chi connectivity index (χ1) is 11.6. The van der Waals surface area contributed by atoms with Crippen molar-refractivity contribution in [3.8, 4) is 22.8 Å². The summed E-state index contributed by atoms with van der Waals surface area (Å²) in [6.07, 6.45) is 0. The molecule has 0 spiro atoms. The molecule has 0 radical (unpaired) electrons. The summed E-state index contributed by atoms with van der Waals surface area (Å²) in [5.41, 5.74) is 2.39. The lowest BCUT2D eigenvalue weighted by Crippen LogP contribution is -2.34. The second kappa shape index (κ2) is 6.95. The van der Waals surface area contributed by atoms with Crippen molar-refractivity contribution in [1.29, 1.82) is 0 Å². The Morgan fingerprint density at radius 2 is 1.71 bits per heavy atom. The van der Waals surface area contributed by atoms with Gasteiger partial charge in [-0.1, -0.05) is 23.4 Å². The van der Waals surface area contributed by atoms with Crippen LogP contribution in [0.5, 0.6) is 0 Å². The molecule has 0 aliphatic rings. The minimum atomic E-state index is -0.233. The molecule has 3 aromatic rings. The van der Waals surface area contributed by atoms with E-state index in [1.165, 1.54) is 0 Å². The van der Waals surface area contributed by atoms with Gasteiger partial charge in [0.25, 0.3) is 5.89 Å². The summed E-state index contributed by atoms with van der Waals surface area (Å²) in [7, 11) is 0. The molecule has 0 bridgehead atoms. The van der Waals surface area contributed by atoms with Crippen molar-refractivity contribution < 1.29 is 9.32 Å². The SMILES string of the molecule is CC(C)NC(=O)Nc1ccc(-c2noc(-c3ccccc3)n2)cc1. The molecule has 0 aliphatic carbocycles. The minimum Gasteiger partial charge on any atom is -0.336 e. The lowest BCUT2D eigenvalue weighted by atomic mass is 10.2. The van der Waals surface area contributed by atoms with Crippen molar-refractivity contribution >= 4 is 11.7 Å². The normalized spacial score (nSPS) is 10.6. The fourth-order valence-electron chi connectivity index (χ4n) is 2.17. The lowest BCUT2D eigenvalue weighted by molar-refractivity contribution is 0.250. The molecule has 0 aliphatic heterocycles. The third kappa shape index (κ3) is 3.78. The van der Waals surface area contributed by atoms with Gasteiger partial charge < -0.3 is 15.2 Å². The number of urea groups is 1. The summed E-state index contributed by atoms with van der Waals surface area (Å²) in [5.74, 6) is 0.983. The van der Waals surface area contributed by atoms with Crippen LogP contribution < -0.4 is 10.6 Å². The first kappa shape index (κ1) is 15.7. The van der Waals surface area contributed by atoms with Crippen molar-refractivity contribution in [2.45, 2.75) is 19.9 Å². The maximum atomic E-state index is 11.7. The maximum Gasteiger partial charge on any atom is 0.319 e. The van der Waals surface area contributed by atoms with Gasteiger partial charge in [-0.05, 0) is 50.2 Å². The van der Waals surface area contributed by atoms with E-state index in [2.05, 4.69) is 20.8 Å². The van der Waals surface area contributed by atoms with Gasteiger partial charge in [0.05, 0.1) is 0 Å². The van der Waals surface area contributed by atoms with E-state index in [0.29, 0.717) is 17.4 Å². The van der Waals surface area contributed by atoms with E-state index < -0.39 is 0 Å². The molecule has 3 rings (SSSR count). The Morgan fingerprint density at radius 3 is 2.38 bits per heavy atom. The van der Waals surface area contributed by atoms with Crippen LogP contribution in [-0.2, 0) is 0 Å². The molecule has 2 N–H and O–H groups in total. The summed E-state index contributed by atoms with van der Waals surface area (Å²) < 4.78 is 5.30. The number of hydrogen-bond acceptors (Lipinski definition) is 4. The number of hydrogen-bond donors (Lipinski definition) is 2. The van der Waals surface area contributed by atoms with E-state index in [9.17, 15) is 4.79 Å². The van der Waals surface area contributed by atoms with Gasteiger partial charge in [-0.15, -0.1) is 0 Å². The molecule has 24 heavy (non-hydrogen) atoms. The summed E-state index contributed by atoms with van der Waals surface area (Å²) in [5, 5.41) is 9.54. The molecule has 122 valence electrons. The minimum absolute atomic E-state index is 0.0833. The number of carbonyl (C=O) groups excluding carboxylic acids is 1. The zero-order valence-electron chi connectivity index (χ0n) is 13.5. The van der Waals surface area contributed by atoms with Crippen LogP contribution in [0.4, 0.5) is 10.5 Å². The van der Waals surface area contributed by atoms with Crippen molar-refractivity contribution in [1.82, 2.24) is 15.5 Å². The third-order valence-corrected chi connectivity index (χ3v) is 3.27. The van der Waals surface area contributed by atoms with Gasteiger partial charge in [-0.25, -0.2) is 4.79 Å². The number of rotatable bonds is 4. The molecule has 0 unspecified atom stereocenters. The van der Waals surface area contributed by atoms with E-state index in [1.54, 1.807) is 12.1 Å². The van der Waals surface area contributed by atoms with E-state index >= 15 is 0 Å². The van der Waals surface area contributed by atoms with Crippen LogP contribution in [0.15, 0.2) is 59.1 Å². The Labute approximate surface area is 139 Å². The Balaban J connectivity index is 1.72. The van der Waals surface area contributed by atoms with Crippen molar-refractivity contribution in [2.75, 3.05) is 5.32 Å². The van der Waals surface area contributed by atoms with Gasteiger partial charge in [0.15, 0.2) is 0 Å². The number of amides is 2. The standard InChI is InChI=1S/C18H18N4O2/c1-12(2)19-18(23)20-15-10-8-13(9-11-15)16-21-17(24-22-16)14-6-4-3-5-7-14/h3-12H,1-2H3,(H2,19,20,23). The predicted octanol–water partition coefficient (Wildman–Crippen LogP) is 3.93. The van der Waals surface area contributed by atoms with E-state index in [-0.39, 0.29) is 12.1 Å². The number of nitrogens with zero attached hydrogens (tertiary/aromatic N) is 2. The number of nitrogens with one attached hydrogen (secondary N) is 2.